The van der Waals surface area contributed by atoms with Crippen molar-refractivity contribution in [2.45, 2.75) is 30.8 Å². The fourth-order valence-electron chi connectivity index (χ4n) is 3.28. The molecule has 1 saturated heterocycles. The van der Waals surface area contributed by atoms with E-state index in [0.717, 1.165) is 31.6 Å². The Kier molecular flexibility index (Phi) is 5.58. The first-order valence-electron chi connectivity index (χ1n) is 9.28. The Bertz CT molecular complexity index is 869. The van der Waals surface area contributed by atoms with Crippen molar-refractivity contribution in [1.29, 1.82) is 0 Å². The highest BCUT2D eigenvalue weighted by Crippen LogP contribution is 2.28. The number of carbonyl (C=O) groups excluding carboxylic acids is 1. The third kappa shape index (κ3) is 4.08. The zero-order chi connectivity index (χ0) is 18.5. The highest BCUT2D eigenvalue weighted by Gasteiger charge is 2.21. The summed E-state index contributed by atoms with van der Waals surface area (Å²) in [5.41, 5.74) is 0.943. The summed E-state index contributed by atoms with van der Waals surface area (Å²) in [6.07, 6.45) is 6.24. The normalized spacial score (nSPS) is 14.9. The molecular formula is C20H22N4O2S. The van der Waals surface area contributed by atoms with E-state index >= 15 is 0 Å². The maximum Gasteiger partial charge on any atom is 0.233 e. The quantitative estimate of drug-likeness (QED) is 0.624. The van der Waals surface area contributed by atoms with Crippen LogP contribution in [0.25, 0.3) is 17.3 Å². The van der Waals surface area contributed by atoms with Crippen molar-refractivity contribution in [2.24, 2.45) is 0 Å². The van der Waals surface area contributed by atoms with Gasteiger partial charge in [0.25, 0.3) is 0 Å². The average Bonchev–Trinajstić information content (AvgIpc) is 3.30. The highest BCUT2D eigenvalue weighted by molar-refractivity contribution is 7.99. The number of hydrogen-bond acceptors (Lipinski definition) is 5. The number of hydrogen-bond donors (Lipinski definition) is 0. The summed E-state index contributed by atoms with van der Waals surface area (Å²) in [5.74, 6) is 1.82. The minimum absolute atomic E-state index is 0.170. The molecule has 4 rings (SSSR count). The van der Waals surface area contributed by atoms with Crippen LogP contribution in [-0.2, 0) is 4.79 Å². The summed E-state index contributed by atoms with van der Waals surface area (Å²) in [5, 5.41) is 9.33. The molecule has 7 heteroatoms. The van der Waals surface area contributed by atoms with Crippen LogP contribution in [0.1, 0.15) is 25.7 Å². The third-order valence-corrected chi connectivity index (χ3v) is 5.59. The first-order chi connectivity index (χ1) is 13.3. The Balaban J connectivity index is 1.56. The van der Waals surface area contributed by atoms with Gasteiger partial charge in [-0.05, 0) is 37.1 Å². The molecule has 0 unspecified atom stereocenters. The molecule has 3 aromatic rings. The molecule has 6 nitrogen and oxygen atoms in total. The van der Waals surface area contributed by atoms with E-state index in [4.69, 9.17) is 4.42 Å². The minimum atomic E-state index is 0.170. The predicted octanol–water partition coefficient (Wildman–Crippen LogP) is 4.02. The lowest BCUT2D eigenvalue weighted by molar-refractivity contribution is -0.128. The van der Waals surface area contributed by atoms with Crippen molar-refractivity contribution < 1.29 is 9.21 Å². The van der Waals surface area contributed by atoms with E-state index in [-0.39, 0.29) is 5.91 Å². The molecule has 0 saturated carbocycles. The first-order valence-corrected chi connectivity index (χ1v) is 10.3. The Morgan fingerprint density at radius 2 is 1.78 bits per heavy atom. The van der Waals surface area contributed by atoms with Crippen LogP contribution >= 0.6 is 11.8 Å². The Hall–Kier alpha value is -2.54. The number of aromatic nitrogens is 3. The molecule has 1 aliphatic rings. The van der Waals surface area contributed by atoms with Crippen LogP contribution in [-0.4, -0.2) is 44.4 Å². The van der Waals surface area contributed by atoms with Crippen LogP contribution < -0.4 is 0 Å². The van der Waals surface area contributed by atoms with Gasteiger partial charge < -0.3 is 9.32 Å². The molecule has 0 bridgehead atoms. The molecule has 2 aromatic heterocycles. The average molecular weight is 382 g/mol. The van der Waals surface area contributed by atoms with Crippen molar-refractivity contribution in [2.75, 3.05) is 18.8 Å². The summed E-state index contributed by atoms with van der Waals surface area (Å²) >= 11 is 1.43. The molecule has 27 heavy (non-hydrogen) atoms. The van der Waals surface area contributed by atoms with Gasteiger partial charge in [0.15, 0.2) is 10.9 Å². The number of benzene rings is 1. The second kappa shape index (κ2) is 8.43. The lowest BCUT2D eigenvalue weighted by atomic mass is 10.2. The number of likely N-dealkylation sites (tertiary alicyclic amines) is 1. The summed E-state index contributed by atoms with van der Waals surface area (Å²) in [4.78, 5) is 14.6. The van der Waals surface area contributed by atoms with Gasteiger partial charge in [0.1, 0.15) is 0 Å². The standard InChI is InChI=1S/C20H22N4O2S/c25-18(23-12-6-1-2-7-13-23)15-27-20-22-21-19(17-11-8-14-26-17)24(20)16-9-4-3-5-10-16/h3-5,8-11,14H,1-2,6-7,12-13,15H2. The fraction of sp³-hybridized carbons (Fsp3) is 0.350. The van der Waals surface area contributed by atoms with Crippen LogP contribution in [0.3, 0.4) is 0 Å². The molecule has 0 radical (unpaired) electrons. The zero-order valence-corrected chi connectivity index (χ0v) is 15.9. The zero-order valence-electron chi connectivity index (χ0n) is 15.1. The topological polar surface area (TPSA) is 64.2 Å². The van der Waals surface area contributed by atoms with Crippen LogP contribution in [0, 0.1) is 0 Å². The summed E-state index contributed by atoms with van der Waals surface area (Å²) in [6.45, 7) is 1.73. The van der Waals surface area contributed by atoms with Gasteiger partial charge in [-0.3, -0.25) is 9.36 Å². The monoisotopic (exact) mass is 382 g/mol. The predicted molar refractivity (Wildman–Crippen MR) is 105 cm³/mol. The highest BCUT2D eigenvalue weighted by atomic mass is 32.2. The molecule has 1 aliphatic heterocycles. The molecule has 0 aliphatic carbocycles. The van der Waals surface area contributed by atoms with Gasteiger partial charge in [0.2, 0.25) is 11.7 Å². The van der Waals surface area contributed by atoms with Gasteiger partial charge >= 0.3 is 0 Å². The molecule has 1 aromatic carbocycles. The maximum atomic E-state index is 12.6. The molecule has 3 heterocycles. The second-order valence-corrected chi connectivity index (χ2v) is 7.48. The maximum absolute atomic E-state index is 12.6. The Labute approximate surface area is 162 Å². The molecule has 140 valence electrons. The number of rotatable bonds is 5. The van der Waals surface area contributed by atoms with Crippen LogP contribution in [0.5, 0.6) is 0 Å². The van der Waals surface area contributed by atoms with Gasteiger partial charge in [0.05, 0.1) is 12.0 Å². The number of para-hydroxylation sites is 1. The van der Waals surface area contributed by atoms with E-state index in [1.54, 1.807) is 6.26 Å². The van der Waals surface area contributed by atoms with E-state index < -0.39 is 0 Å². The SMILES string of the molecule is O=C(CSc1nnc(-c2ccco2)n1-c1ccccc1)N1CCCCCC1. The molecular weight excluding hydrogens is 360 g/mol. The van der Waals surface area contributed by atoms with Crippen LogP contribution in [0.4, 0.5) is 0 Å². The summed E-state index contributed by atoms with van der Waals surface area (Å²) in [7, 11) is 0. The van der Waals surface area contributed by atoms with Crippen molar-refractivity contribution in [3.8, 4) is 17.3 Å². The van der Waals surface area contributed by atoms with Gasteiger partial charge in [0, 0.05) is 18.8 Å². The van der Waals surface area contributed by atoms with Gasteiger partial charge in [-0.2, -0.15) is 0 Å². The van der Waals surface area contributed by atoms with E-state index in [1.165, 1.54) is 24.6 Å². The smallest absolute Gasteiger partial charge is 0.233 e. The number of carbonyl (C=O) groups is 1. The van der Waals surface area contributed by atoms with Crippen molar-refractivity contribution in [3.05, 3.63) is 48.7 Å². The lowest BCUT2D eigenvalue weighted by Gasteiger charge is -2.19. The van der Waals surface area contributed by atoms with Gasteiger partial charge in [-0.1, -0.05) is 42.8 Å². The van der Waals surface area contributed by atoms with Crippen molar-refractivity contribution in [3.63, 3.8) is 0 Å². The van der Waals surface area contributed by atoms with E-state index in [0.29, 0.717) is 22.5 Å². The Morgan fingerprint density at radius 3 is 2.48 bits per heavy atom. The Morgan fingerprint density at radius 1 is 1.00 bits per heavy atom. The van der Waals surface area contributed by atoms with Crippen molar-refractivity contribution >= 4 is 17.7 Å². The number of thioether (sulfide) groups is 1. The second-order valence-electron chi connectivity index (χ2n) is 6.54. The first kappa shape index (κ1) is 17.9. The van der Waals surface area contributed by atoms with Crippen LogP contribution in [0.15, 0.2) is 58.3 Å². The third-order valence-electron chi connectivity index (χ3n) is 4.67. The number of nitrogens with zero attached hydrogens (tertiary/aromatic N) is 4. The van der Waals surface area contributed by atoms with Gasteiger partial charge in [-0.15, -0.1) is 10.2 Å². The van der Waals surface area contributed by atoms with Crippen LogP contribution in [0.2, 0.25) is 0 Å². The largest absolute Gasteiger partial charge is 0.461 e. The molecule has 1 fully saturated rings. The fourth-order valence-corrected chi connectivity index (χ4v) is 4.13. The number of furan rings is 1. The molecule has 1 amide bonds. The molecule has 0 N–H and O–H groups in total. The van der Waals surface area contributed by atoms with Crippen molar-refractivity contribution in [1.82, 2.24) is 19.7 Å². The van der Waals surface area contributed by atoms with Gasteiger partial charge in [-0.25, -0.2) is 0 Å². The van der Waals surface area contributed by atoms with E-state index in [9.17, 15) is 4.79 Å². The summed E-state index contributed by atoms with van der Waals surface area (Å²) < 4.78 is 7.47. The molecule has 0 atom stereocenters. The van der Waals surface area contributed by atoms with E-state index in [1.807, 2.05) is 51.9 Å². The van der Waals surface area contributed by atoms with E-state index in [2.05, 4.69) is 10.2 Å². The number of amides is 1. The summed E-state index contributed by atoms with van der Waals surface area (Å²) in [6, 6.07) is 13.6. The molecule has 0 spiro atoms. The lowest BCUT2D eigenvalue weighted by Crippen LogP contribution is -2.33. The minimum Gasteiger partial charge on any atom is -0.461 e.